The number of carboxylic acid groups (broad SMARTS) is 1. The first-order valence-corrected chi connectivity index (χ1v) is 6.01. The normalized spacial score (nSPS) is 10.3. The summed E-state index contributed by atoms with van der Waals surface area (Å²) in [4.78, 5) is 10.9. The molecule has 1 rings (SSSR count). The van der Waals surface area contributed by atoms with Gasteiger partial charge in [-0.15, -0.1) is 0 Å². The molecule has 0 aliphatic rings. The van der Waals surface area contributed by atoms with Gasteiger partial charge in [0.05, 0.1) is 16.9 Å². The van der Waals surface area contributed by atoms with Crippen LogP contribution in [0.4, 0.5) is 11.4 Å². The van der Waals surface area contributed by atoms with Crippen molar-refractivity contribution >= 4 is 17.3 Å². The van der Waals surface area contributed by atoms with Gasteiger partial charge in [0.1, 0.15) is 0 Å². The number of methoxy groups -OCH3 is 1. The summed E-state index contributed by atoms with van der Waals surface area (Å²) in [5.41, 5.74) is 6.90. The topological polar surface area (TPSA) is 84.6 Å². The minimum Gasteiger partial charge on any atom is -0.478 e. The molecule has 5 heteroatoms. The third kappa shape index (κ3) is 4.25. The van der Waals surface area contributed by atoms with Crippen LogP contribution in [0.2, 0.25) is 0 Å². The maximum absolute atomic E-state index is 10.9. The van der Waals surface area contributed by atoms with Crippen LogP contribution in [-0.4, -0.2) is 31.3 Å². The Morgan fingerprint density at radius 2 is 2.17 bits per heavy atom. The molecule has 0 atom stereocenters. The second kappa shape index (κ2) is 7.55. The number of hydrogen-bond acceptors (Lipinski definition) is 4. The van der Waals surface area contributed by atoms with E-state index in [1.807, 2.05) is 0 Å². The van der Waals surface area contributed by atoms with Gasteiger partial charge < -0.3 is 20.9 Å². The lowest BCUT2D eigenvalue weighted by atomic mass is 10.1. The summed E-state index contributed by atoms with van der Waals surface area (Å²) in [6.45, 7) is 1.55. The number of rotatable bonds is 8. The summed E-state index contributed by atoms with van der Waals surface area (Å²) < 4.78 is 4.96. The number of ether oxygens (including phenoxy) is 1. The van der Waals surface area contributed by atoms with Crippen LogP contribution in [-0.2, 0) is 4.74 Å². The zero-order valence-electron chi connectivity index (χ0n) is 10.6. The Kier molecular flexibility index (Phi) is 6.00. The van der Waals surface area contributed by atoms with Gasteiger partial charge in [0.2, 0.25) is 0 Å². The quantitative estimate of drug-likeness (QED) is 0.488. The largest absolute Gasteiger partial charge is 0.478 e. The summed E-state index contributed by atoms with van der Waals surface area (Å²) in [5, 5.41) is 12.1. The van der Waals surface area contributed by atoms with Crippen LogP contribution in [0.1, 0.15) is 29.6 Å². The number of unbranched alkanes of at least 4 members (excludes halogenated alkanes) is 2. The lowest BCUT2D eigenvalue weighted by Gasteiger charge is -2.10. The van der Waals surface area contributed by atoms with E-state index in [0.717, 1.165) is 32.4 Å². The van der Waals surface area contributed by atoms with Crippen molar-refractivity contribution in [1.29, 1.82) is 0 Å². The van der Waals surface area contributed by atoms with Gasteiger partial charge in [0.25, 0.3) is 0 Å². The SMILES string of the molecule is COCCCCCNc1cccc(C(=O)O)c1N. The van der Waals surface area contributed by atoms with Crippen LogP contribution in [0.5, 0.6) is 0 Å². The van der Waals surface area contributed by atoms with E-state index in [0.29, 0.717) is 11.4 Å². The summed E-state index contributed by atoms with van der Waals surface area (Å²) in [6, 6.07) is 4.98. The van der Waals surface area contributed by atoms with Crippen molar-refractivity contribution in [2.45, 2.75) is 19.3 Å². The molecule has 0 bridgehead atoms. The highest BCUT2D eigenvalue weighted by Crippen LogP contribution is 2.22. The molecule has 0 aromatic heterocycles. The Balaban J connectivity index is 2.43. The third-order valence-corrected chi connectivity index (χ3v) is 2.68. The highest BCUT2D eigenvalue weighted by Gasteiger charge is 2.10. The average molecular weight is 252 g/mol. The smallest absolute Gasteiger partial charge is 0.337 e. The van der Waals surface area contributed by atoms with E-state index in [-0.39, 0.29) is 5.56 Å². The predicted molar refractivity (Wildman–Crippen MR) is 72.0 cm³/mol. The van der Waals surface area contributed by atoms with E-state index in [4.69, 9.17) is 15.6 Å². The molecular weight excluding hydrogens is 232 g/mol. The molecule has 1 aromatic carbocycles. The molecule has 0 radical (unpaired) electrons. The second-order valence-corrected chi connectivity index (χ2v) is 4.05. The molecule has 1 aromatic rings. The Labute approximate surface area is 107 Å². The lowest BCUT2D eigenvalue weighted by molar-refractivity contribution is 0.0698. The summed E-state index contributed by atoms with van der Waals surface area (Å²) >= 11 is 0. The lowest BCUT2D eigenvalue weighted by Crippen LogP contribution is -2.08. The average Bonchev–Trinajstić information content (AvgIpc) is 2.35. The van der Waals surface area contributed by atoms with Gasteiger partial charge in [-0.2, -0.15) is 0 Å². The van der Waals surface area contributed by atoms with E-state index in [2.05, 4.69) is 5.32 Å². The molecule has 0 heterocycles. The van der Waals surface area contributed by atoms with Gasteiger partial charge in [0, 0.05) is 20.3 Å². The predicted octanol–water partition coefficient (Wildman–Crippen LogP) is 2.20. The number of carboxylic acids is 1. The summed E-state index contributed by atoms with van der Waals surface area (Å²) in [5.74, 6) is -1.00. The number of hydrogen-bond donors (Lipinski definition) is 3. The Bertz CT molecular complexity index is 394. The van der Waals surface area contributed by atoms with E-state index >= 15 is 0 Å². The monoisotopic (exact) mass is 252 g/mol. The second-order valence-electron chi connectivity index (χ2n) is 4.05. The Hall–Kier alpha value is -1.75. The van der Waals surface area contributed by atoms with E-state index in [1.165, 1.54) is 6.07 Å². The molecule has 0 saturated carbocycles. The first-order chi connectivity index (χ1) is 8.66. The molecule has 4 N–H and O–H groups in total. The van der Waals surface area contributed by atoms with Gasteiger partial charge in [0.15, 0.2) is 0 Å². The van der Waals surface area contributed by atoms with E-state index < -0.39 is 5.97 Å². The molecule has 0 saturated heterocycles. The van der Waals surface area contributed by atoms with Crippen molar-refractivity contribution in [3.05, 3.63) is 23.8 Å². The summed E-state index contributed by atoms with van der Waals surface area (Å²) in [6.07, 6.45) is 3.10. The minimum absolute atomic E-state index is 0.138. The first kappa shape index (κ1) is 14.3. The molecule has 0 spiro atoms. The number of para-hydroxylation sites is 1. The third-order valence-electron chi connectivity index (χ3n) is 2.68. The Morgan fingerprint density at radius 1 is 1.39 bits per heavy atom. The van der Waals surface area contributed by atoms with Gasteiger partial charge in [-0.05, 0) is 31.4 Å². The van der Waals surface area contributed by atoms with Crippen LogP contribution in [0.15, 0.2) is 18.2 Å². The fraction of sp³-hybridized carbons (Fsp3) is 0.462. The van der Waals surface area contributed by atoms with Crippen LogP contribution in [0, 0.1) is 0 Å². The number of aromatic carboxylic acids is 1. The fourth-order valence-corrected chi connectivity index (χ4v) is 1.68. The minimum atomic E-state index is -1.00. The molecule has 0 unspecified atom stereocenters. The number of anilines is 2. The molecule has 18 heavy (non-hydrogen) atoms. The summed E-state index contributed by atoms with van der Waals surface area (Å²) in [7, 11) is 1.69. The van der Waals surface area contributed by atoms with Crippen LogP contribution < -0.4 is 11.1 Å². The maximum atomic E-state index is 10.9. The molecular formula is C13H20N2O3. The molecule has 0 aliphatic carbocycles. The zero-order valence-corrected chi connectivity index (χ0v) is 10.6. The molecule has 0 fully saturated rings. The van der Waals surface area contributed by atoms with Crippen molar-refractivity contribution in [3.8, 4) is 0 Å². The van der Waals surface area contributed by atoms with Crippen LogP contribution in [0.25, 0.3) is 0 Å². The molecule has 0 aliphatic heterocycles. The highest BCUT2D eigenvalue weighted by atomic mass is 16.5. The molecule has 5 nitrogen and oxygen atoms in total. The van der Waals surface area contributed by atoms with Crippen molar-refractivity contribution < 1.29 is 14.6 Å². The first-order valence-electron chi connectivity index (χ1n) is 6.01. The maximum Gasteiger partial charge on any atom is 0.337 e. The van der Waals surface area contributed by atoms with Gasteiger partial charge in [-0.3, -0.25) is 0 Å². The van der Waals surface area contributed by atoms with E-state index in [9.17, 15) is 4.79 Å². The highest BCUT2D eigenvalue weighted by molar-refractivity contribution is 5.97. The van der Waals surface area contributed by atoms with Crippen molar-refractivity contribution in [2.75, 3.05) is 31.3 Å². The fourth-order valence-electron chi connectivity index (χ4n) is 1.68. The number of benzene rings is 1. The molecule has 0 amide bonds. The standard InChI is InChI=1S/C13H20N2O3/c1-18-9-4-2-3-8-15-11-7-5-6-10(12(11)14)13(16)17/h5-7,15H,2-4,8-9,14H2,1H3,(H,16,17). The Morgan fingerprint density at radius 3 is 2.83 bits per heavy atom. The van der Waals surface area contributed by atoms with Gasteiger partial charge in [-0.25, -0.2) is 4.79 Å². The van der Waals surface area contributed by atoms with E-state index in [1.54, 1.807) is 19.2 Å². The number of nitrogens with two attached hydrogens (primary N) is 1. The van der Waals surface area contributed by atoms with Crippen LogP contribution >= 0.6 is 0 Å². The zero-order chi connectivity index (χ0) is 13.4. The number of nitrogen functional groups attached to an aromatic ring is 1. The van der Waals surface area contributed by atoms with Gasteiger partial charge in [-0.1, -0.05) is 6.07 Å². The molecule has 100 valence electrons. The van der Waals surface area contributed by atoms with Crippen molar-refractivity contribution in [2.24, 2.45) is 0 Å². The number of nitrogens with one attached hydrogen (secondary N) is 1. The van der Waals surface area contributed by atoms with Crippen molar-refractivity contribution in [1.82, 2.24) is 0 Å². The van der Waals surface area contributed by atoms with Crippen LogP contribution in [0.3, 0.4) is 0 Å². The van der Waals surface area contributed by atoms with Gasteiger partial charge >= 0.3 is 5.97 Å². The number of carbonyl (C=O) groups is 1. The van der Waals surface area contributed by atoms with Crippen molar-refractivity contribution in [3.63, 3.8) is 0 Å².